The van der Waals surface area contributed by atoms with Crippen molar-refractivity contribution in [3.63, 3.8) is 0 Å². The summed E-state index contributed by atoms with van der Waals surface area (Å²) in [5.41, 5.74) is 1.85. The fourth-order valence-electron chi connectivity index (χ4n) is 3.52. The van der Waals surface area contributed by atoms with E-state index < -0.39 is 0 Å². The molecule has 1 N–H and O–H groups in total. The summed E-state index contributed by atoms with van der Waals surface area (Å²) in [4.78, 5) is 26.7. The smallest absolute Gasteiger partial charge is 0.227 e. The van der Waals surface area contributed by atoms with Crippen molar-refractivity contribution in [2.45, 2.75) is 18.9 Å². The number of anilines is 1. The summed E-state index contributed by atoms with van der Waals surface area (Å²) in [6, 6.07) is 17.2. The van der Waals surface area contributed by atoms with Crippen molar-refractivity contribution in [2.24, 2.45) is 5.92 Å². The normalized spacial score (nSPS) is 22.2. The molecular weight excluding hydrogens is 316 g/mol. The molecule has 0 radical (unpaired) electrons. The average molecular weight is 336 g/mol. The average Bonchev–Trinajstić information content (AvgIpc) is 3.05. The highest BCUT2D eigenvalue weighted by Gasteiger charge is 2.36. The molecule has 0 saturated carbocycles. The molecule has 5 heteroatoms. The maximum atomic E-state index is 12.7. The number of ether oxygens (including phenoxy) is 1. The van der Waals surface area contributed by atoms with Gasteiger partial charge in [-0.15, -0.1) is 0 Å². The third kappa shape index (κ3) is 3.09. The number of benzene rings is 2. The quantitative estimate of drug-likeness (QED) is 0.937. The highest BCUT2D eigenvalue weighted by Crippen LogP contribution is 2.32. The van der Waals surface area contributed by atoms with Crippen LogP contribution >= 0.6 is 0 Å². The Morgan fingerprint density at radius 3 is 2.68 bits per heavy atom. The zero-order valence-electron chi connectivity index (χ0n) is 13.9. The fourth-order valence-corrected chi connectivity index (χ4v) is 3.52. The molecular formula is C20H20N2O3. The molecule has 2 unspecified atom stereocenters. The maximum Gasteiger partial charge on any atom is 0.227 e. The molecule has 0 bridgehead atoms. The van der Waals surface area contributed by atoms with Gasteiger partial charge in [0.1, 0.15) is 5.75 Å². The van der Waals surface area contributed by atoms with Crippen molar-refractivity contribution in [2.75, 3.05) is 18.1 Å². The van der Waals surface area contributed by atoms with Gasteiger partial charge in [0.2, 0.25) is 11.8 Å². The van der Waals surface area contributed by atoms with Crippen molar-refractivity contribution in [1.29, 1.82) is 0 Å². The van der Waals surface area contributed by atoms with E-state index in [0.29, 0.717) is 13.2 Å². The summed E-state index contributed by atoms with van der Waals surface area (Å²) in [6.45, 7) is 1.02. The number of rotatable bonds is 3. The van der Waals surface area contributed by atoms with Gasteiger partial charge in [-0.3, -0.25) is 9.59 Å². The second-order valence-electron chi connectivity index (χ2n) is 6.48. The molecule has 2 heterocycles. The van der Waals surface area contributed by atoms with Gasteiger partial charge < -0.3 is 15.0 Å². The van der Waals surface area contributed by atoms with Gasteiger partial charge in [-0.2, -0.15) is 0 Å². The molecule has 0 spiro atoms. The number of carbonyl (C=O) groups excluding carboxylic acids is 2. The standard InChI is InChI=1S/C20H20N2O3/c23-19-12-14(13-22(19)15-6-2-1-3-7-15)20(24)21-17-10-11-25-18-9-5-4-8-16(17)18/h1-9,14,17H,10-13H2,(H,21,24). The number of carbonyl (C=O) groups is 2. The molecule has 0 aliphatic carbocycles. The van der Waals surface area contributed by atoms with Gasteiger partial charge in [0.05, 0.1) is 18.6 Å². The minimum Gasteiger partial charge on any atom is -0.493 e. The summed E-state index contributed by atoms with van der Waals surface area (Å²) in [5, 5.41) is 3.11. The topological polar surface area (TPSA) is 58.6 Å². The van der Waals surface area contributed by atoms with Crippen LogP contribution in [0.2, 0.25) is 0 Å². The third-order valence-corrected chi connectivity index (χ3v) is 4.84. The second kappa shape index (κ2) is 6.59. The summed E-state index contributed by atoms with van der Waals surface area (Å²) >= 11 is 0. The zero-order chi connectivity index (χ0) is 17.2. The molecule has 1 saturated heterocycles. The molecule has 1 fully saturated rings. The Kier molecular flexibility index (Phi) is 4.14. The lowest BCUT2D eigenvalue weighted by molar-refractivity contribution is -0.127. The van der Waals surface area contributed by atoms with Crippen LogP contribution in [0.1, 0.15) is 24.4 Å². The van der Waals surface area contributed by atoms with E-state index in [4.69, 9.17) is 4.74 Å². The van der Waals surface area contributed by atoms with E-state index in [2.05, 4.69) is 5.32 Å². The summed E-state index contributed by atoms with van der Waals surface area (Å²) in [6.07, 6.45) is 0.997. The van der Waals surface area contributed by atoms with Crippen LogP contribution in [-0.2, 0) is 9.59 Å². The number of nitrogens with zero attached hydrogens (tertiary/aromatic N) is 1. The molecule has 128 valence electrons. The van der Waals surface area contributed by atoms with Crippen LogP contribution in [0.5, 0.6) is 5.75 Å². The van der Waals surface area contributed by atoms with Crippen LogP contribution in [0, 0.1) is 5.92 Å². The molecule has 2 aromatic carbocycles. The number of hydrogen-bond acceptors (Lipinski definition) is 3. The number of fused-ring (bicyclic) bond motifs is 1. The van der Waals surface area contributed by atoms with E-state index in [1.165, 1.54) is 0 Å². The van der Waals surface area contributed by atoms with Gasteiger partial charge in [-0.1, -0.05) is 36.4 Å². The van der Waals surface area contributed by atoms with Crippen molar-refractivity contribution in [1.82, 2.24) is 5.32 Å². The van der Waals surface area contributed by atoms with Crippen LogP contribution in [0.25, 0.3) is 0 Å². The lowest BCUT2D eigenvalue weighted by Gasteiger charge is -2.27. The lowest BCUT2D eigenvalue weighted by Crippen LogP contribution is -2.37. The largest absolute Gasteiger partial charge is 0.493 e. The number of hydrogen-bond donors (Lipinski definition) is 1. The van der Waals surface area contributed by atoms with Gasteiger partial charge in [0.25, 0.3) is 0 Å². The monoisotopic (exact) mass is 336 g/mol. The minimum atomic E-state index is -0.317. The highest BCUT2D eigenvalue weighted by atomic mass is 16.5. The second-order valence-corrected chi connectivity index (χ2v) is 6.48. The first-order valence-electron chi connectivity index (χ1n) is 8.60. The summed E-state index contributed by atoms with van der Waals surface area (Å²) < 4.78 is 5.64. The van der Waals surface area contributed by atoms with Crippen molar-refractivity contribution in [3.05, 3.63) is 60.2 Å². The Morgan fingerprint density at radius 1 is 1.08 bits per heavy atom. The Hall–Kier alpha value is -2.82. The molecule has 2 aliphatic rings. The molecule has 2 aromatic rings. The molecule has 2 amide bonds. The summed E-state index contributed by atoms with van der Waals surface area (Å²) in [5.74, 6) is 0.447. The van der Waals surface area contributed by atoms with Gasteiger partial charge in [-0.05, 0) is 18.2 Å². The van der Waals surface area contributed by atoms with Crippen LogP contribution in [0.3, 0.4) is 0 Å². The molecule has 4 rings (SSSR count). The molecule has 0 aromatic heterocycles. The first-order valence-corrected chi connectivity index (χ1v) is 8.60. The third-order valence-electron chi connectivity index (χ3n) is 4.84. The zero-order valence-corrected chi connectivity index (χ0v) is 13.9. The minimum absolute atomic E-state index is 0.00118. The maximum absolute atomic E-state index is 12.7. The van der Waals surface area contributed by atoms with Crippen LogP contribution < -0.4 is 15.0 Å². The van der Waals surface area contributed by atoms with Crippen LogP contribution in [-0.4, -0.2) is 25.0 Å². The van der Waals surface area contributed by atoms with Crippen molar-refractivity contribution in [3.8, 4) is 5.75 Å². The van der Waals surface area contributed by atoms with E-state index in [1.807, 2.05) is 54.6 Å². The predicted octanol–water partition coefficient (Wildman–Crippen LogP) is 2.68. The molecule has 2 atom stereocenters. The predicted molar refractivity (Wildman–Crippen MR) is 94.3 cm³/mol. The SMILES string of the molecule is O=C(NC1CCOc2ccccc21)C1CC(=O)N(c2ccccc2)C1. The van der Waals surface area contributed by atoms with E-state index >= 15 is 0 Å². The van der Waals surface area contributed by atoms with Gasteiger partial charge in [-0.25, -0.2) is 0 Å². The Bertz CT molecular complexity index is 791. The molecule has 25 heavy (non-hydrogen) atoms. The van der Waals surface area contributed by atoms with Crippen molar-refractivity contribution < 1.29 is 14.3 Å². The van der Waals surface area contributed by atoms with E-state index in [-0.39, 0.29) is 30.2 Å². The first-order chi connectivity index (χ1) is 12.2. The summed E-state index contributed by atoms with van der Waals surface area (Å²) in [7, 11) is 0. The van der Waals surface area contributed by atoms with Gasteiger partial charge >= 0.3 is 0 Å². The Labute approximate surface area is 146 Å². The van der Waals surface area contributed by atoms with E-state index in [0.717, 1.165) is 23.4 Å². The highest BCUT2D eigenvalue weighted by molar-refractivity contribution is 6.00. The van der Waals surface area contributed by atoms with Crippen LogP contribution in [0.15, 0.2) is 54.6 Å². The lowest BCUT2D eigenvalue weighted by atomic mass is 9.99. The van der Waals surface area contributed by atoms with Gasteiger partial charge in [0, 0.05) is 30.6 Å². The first kappa shape index (κ1) is 15.7. The fraction of sp³-hybridized carbons (Fsp3) is 0.300. The number of para-hydroxylation sites is 2. The van der Waals surface area contributed by atoms with Gasteiger partial charge in [0.15, 0.2) is 0 Å². The van der Waals surface area contributed by atoms with Crippen molar-refractivity contribution >= 4 is 17.5 Å². The molecule has 5 nitrogen and oxygen atoms in total. The van der Waals surface area contributed by atoms with Crippen LogP contribution in [0.4, 0.5) is 5.69 Å². The number of nitrogens with one attached hydrogen (secondary N) is 1. The Balaban J connectivity index is 1.45. The van der Waals surface area contributed by atoms with E-state index in [9.17, 15) is 9.59 Å². The Morgan fingerprint density at radius 2 is 1.84 bits per heavy atom. The number of amides is 2. The van der Waals surface area contributed by atoms with E-state index in [1.54, 1.807) is 4.90 Å². The molecule has 2 aliphatic heterocycles.